The average molecular weight is 419 g/mol. The Labute approximate surface area is 178 Å². The van der Waals surface area contributed by atoms with Crippen molar-refractivity contribution in [2.75, 3.05) is 44.6 Å². The van der Waals surface area contributed by atoms with E-state index in [9.17, 15) is 14.4 Å². The molecule has 0 radical (unpaired) electrons. The van der Waals surface area contributed by atoms with Crippen LogP contribution in [0.2, 0.25) is 0 Å². The molecule has 2 N–H and O–H groups in total. The van der Waals surface area contributed by atoms with Gasteiger partial charge in [0.2, 0.25) is 5.91 Å². The summed E-state index contributed by atoms with van der Waals surface area (Å²) in [6.07, 6.45) is 2.54. The van der Waals surface area contributed by atoms with Crippen LogP contribution in [0.5, 0.6) is 0 Å². The van der Waals surface area contributed by atoms with Crippen LogP contribution in [0.4, 0.5) is 10.5 Å². The van der Waals surface area contributed by atoms with E-state index < -0.39 is 0 Å². The largest absolute Gasteiger partial charge is 0.466 e. The van der Waals surface area contributed by atoms with E-state index in [1.807, 2.05) is 18.2 Å². The molecule has 8 nitrogen and oxygen atoms in total. The van der Waals surface area contributed by atoms with Gasteiger partial charge in [0, 0.05) is 37.8 Å². The second kappa shape index (κ2) is 12.8. The molecule has 3 amide bonds. The number of carbonyl (C=O) groups excluding carboxylic acids is 3. The van der Waals surface area contributed by atoms with Crippen LogP contribution in [0.1, 0.15) is 39.5 Å². The Morgan fingerprint density at radius 3 is 2.63 bits per heavy atom. The molecule has 8 heteroatoms. The molecule has 1 aromatic rings. The Hall–Kier alpha value is -2.61. The van der Waals surface area contributed by atoms with Crippen LogP contribution in [0.3, 0.4) is 0 Å². The van der Waals surface area contributed by atoms with Gasteiger partial charge in [-0.3, -0.25) is 14.5 Å². The minimum absolute atomic E-state index is 0.0673. The fraction of sp³-hybridized carbons (Fsp3) is 0.591. The highest BCUT2D eigenvalue weighted by atomic mass is 16.5. The Bertz CT molecular complexity index is 683. The van der Waals surface area contributed by atoms with Gasteiger partial charge in [0.1, 0.15) is 0 Å². The Balaban J connectivity index is 1.84. The molecule has 2 rings (SSSR count). The second-order valence-electron chi connectivity index (χ2n) is 7.32. The monoisotopic (exact) mass is 418 g/mol. The number of esters is 1. The zero-order valence-corrected chi connectivity index (χ0v) is 18.1. The summed E-state index contributed by atoms with van der Waals surface area (Å²) in [6.45, 7) is 7.39. The van der Waals surface area contributed by atoms with Gasteiger partial charge in [-0.15, -0.1) is 0 Å². The van der Waals surface area contributed by atoms with Gasteiger partial charge in [-0.25, -0.2) is 4.79 Å². The molecular weight excluding hydrogens is 384 g/mol. The molecule has 0 aliphatic carbocycles. The van der Waals surface area contributed by atoms with Gasteiger partial charge in [0.25, 0.3) is 0 Å². The molecule has 1 atom stereocenters. The van der Waals surface area contributed by atoms with Crippen LogP contribution in [0.15, 0.2) is 30.3 Å². The molecule has 1 aromatic carbocycles. The SMILES string of the molecule is CCOC(=O)CCN(CC1CCCN1CC)C(=O)CCNC(=O)Nc1ccccc1. The molecule has 1 aliphatic rings. The average Bonchev–Trinajstić information content (AvgIpc) is 3.19. The predicted octanol–water partition coefficient (Wildman–Crippen LogP) is 2.46. The van der Waals surface area contributed by atoms with Crippen molar-refractivity contribution in [2.45, 2.75) is 45.6 Å². The lowest BCUT2D eigenvalue weighted by molar-refractivity contribution is -0.144. The summed E-state index contributed by atoms with van der Waals surface area (Å²) in [5.74, 6) is -0.364. The molecular formula is C22H34N4O4. The van der Waals surface area contributed by atoms with Gasteiger partial charge in [-0.05, 0) is 45.0 Å². The number of anilines is 1. The number of hydrogen-bond acceptors (Lipinski definition) is 5. The van der Waals surface area contributed by atoms with Gasteiger partial charge in [0.05, 0.1) is 13.0 Å². The molecule has 0 bridgehead atoms. The maximum Gasteiger partial charge on any atom is 0.319 e. The third-order valence-corrected chi connectivity index (χ3v) is 5.24. The number of nitrogens with zero attached hydrogens (tertiary/aromatic N) is 2. The second-order valence-corrected chi connectivity index (χ2v) is 7.32. The number of para-hydroxylation sites is 1. The number of benzene rings is 1. The molecule has 0 aromatic heterocycles. The molecule has 0 saturated carbocycles. The number of likely N-dealkylation sites (tertiary alicyclic amines) is 1. The van der Waals surface area contributed by atoms with Crippen molar-refractivity contribution in [1.82, 2.24) is 15.1 Å². The van der Waals surface area contributed by atoms with Crippen molar-refractivity contribution in [3.63, 3.8) is 0 Å². The van der Waals surface area contributed by atoms with E-state index in [0.29, 0.717) is 31.4 Å². The standard InChI is InChI=1S/C22H34N4O4/c1-3-25-15-8-11-19(25)17-26(16-13-21(28)30-4-2)20(27)12-14-23-22(29)24-18-9-6-5-7-10-18/h5-7,9-10,19H,3-4,8,11-17H2,1-2H3,(H2,23,24,29). The smallest absolute Gasteiger partial charge is 0.319 e. The van der Waals surface area contributed by atoms with E-state index in [0.717, 1.165) is 25.9 Å². The minimum Gasteiger partial charge on any atom is -0.466 e. The van der Waals surface area contributed by atoms with Crippen LogP contribution in [0, 0.1) is 0 Å². The molecule has 166 valence electrons. The van der Waals surface area contributed by atoms with Crippen molar-refractivity contribution in [2.24, 2.45) is 0 Å². The van der Waals surface area contributed by atoms with Crippen molar-refractivity contribution in [1.29, 1.82) is 0 Å². The lowest BCUT2D eigenvalue weighted by atomic mass is 10.2. The van der Waals surface area contributed by atoms with Crippen LogP contribution in [0.25, 0.3) is 0 Å². The summed E-state index contributed by atoms with van der Waals surface area (Å²) in [5, 5.41) is 5.44. The number of nitrogens with one attached hydrogen (secondary N) is 2. The first-order valence-electron chi connectivity index (χ1n) is 10.8. The van der Waals surface area contributed by atoms with Crippen molar-refractivity contribution < 1.29 is 19.1 Å². The van der Waals surface area contributed by atoms with Crippen molar-refractivity contribution >= 4 is 23.6 Å². The van der Waals surface area contributed by atoms with Gasteiger partial charge < -0.3 is 20.3 Å². The third-order valence-electron chi connectivity index (χ3n) is 5.24. The van der Waals surface area contributed by atoms with Gasteiger partial charge in [-0.2, -0.15) is 0 Å². The Morgan fingerprint density at radius 1 is 1.17 bits per heavy atom. The summed E-state index contributed by atoms with van der Waals surface area (Å²) in [5.41, 5.74) is 0.693. The summed E-state index contributed by atoms with van der Waals surface area (Å²) in [4.78, 5) is 40.7. The van der Waals surface area contributed by atoms with E-state index in [-0.39, 0.29) is 37.3 Å². The number of urea groups is 1. The van der Waals surface area contributed by atoms with Crippen molar-refractivity contribution in [3.05, 3.63) is 30.3 Å². The Morgan fingerprint density at radius 2 is 1.93 bits per heavy atom. The fourth-order valence-corrected chi connectivity index (χ4v) is 3.69. The molecule has 0 spiro atoms. The van der Waals surface area contributed by atoms with Gasteiger partial charge in [-0.1, -0.05) is 25.1 Å². The highest BCUT2D eigenvalue weighted by molar-refractivity contribution is 5.89. The zero-order chi connectivity index (χ0) is 21.8. The molecule has 1 aliphatic heterocycles. The predicted molar refractivity (Wildman–Crippen MR) is 116 cm³/mol. The topological polar surface area (TPSA) is 91.0 Å². The maximum absolute atomic E-state index is 12.8. The molecule has 1 fully saturated rings. The first kappa shape index (κ1) is 23.7. The van der Waals surface area contributed by atoms with Crippen LogP contribution in [-0.2, 0) is 14.3 Å². The maximum atomic E-state index is 12.8. The van der Waals surface area contributed by atoms with E-state index in [1.54, 1.807) is 24.0 Å². The van der Waals surface area contributed by atoms with E-state index in [4.69, 9.17) is 4.74 Å². The molecule has 30 heavy (non-hydrogen) atoms. The quantitative estimate of drug-likeness (QED) is 0.539. The summed E-state index contributed by atoms with van der Waals surface area (Å²) < 4.78 is 5.00. The highest BCUT2D eigenvalue weighted by Gasteiger charge is 2.27. The summed E-state index contributed by atoms with van der Waals surface area (Å²) in [7, 11) is 0. The van der Waals surface area contributed by atoms with Crippen LogP contribution in [-0.4, -0.2) is 73.1 Å². The van der Waals surface area contributed by atoms with Gasteiger partial charge in [0.15, 0.2) is 0 Å². The number of amides is 3. The zero-order valence-electron chi connectivity index (χ0n) is 18.1. The number of ether oxygens (including phenoxy) is 1. The summed E-state index contributed by atoms with van der Waals surface area (Å²) >= 11 is 0. The first-order valence-corrected chi connectivity index (χ1v) is 10.8. The lowest BCUT2D eigenvalue weighted by Gasteiger charge is -2.30. The highest BCUT2D eigenvalue weighted by Crippen LogP contribution is 2.18. The minimum atomic E-state index is -0.347. The normalized spacial score (nSPS) is 16.1. The van der Waals surface area contributed by atoms with E-state index in [2.05, 4.69) is 22.5 Å². The first-order chi connectivity index (χ1) is 14.5. The van der Waals surface area contributed by atoms with Crippen molar-refractivity contribution in [3.8, 4) is 0 Å². The number of hydrogen-bond donors (Lipinski definition) is 2. The molecule has 1 saturated heterocycles. The third kappa shape index (κ3) is 8.02. The lowest BCUT2D eigenvalue weighted by Crippen LogP contribution is -2.44. The summed E-state index contributed by atoms with van der Waals surface area (Å²) in [6, 6.07) is 9.10. The number of likely N-dealkylation sites (N-methyl/N-ethyl adjacent to an activating group) is 1. The molecule has 1 unspecified atom stereocenters. The fourth-order valence-electron chi connectivity index (χ4n) is 3.69. The van der Waals surface area contributed by atoms with E-state index in [1.165, 1.54) is 0 Å². The Kier molecular flexibility index (Phi) is 10.1. The van der Waals surface area contributed by atoms with E-state index >= 15 is 0 Å². The number of carbonyl (C=O) groups is 3. The van der Waals surface area contributed by atoms with Gasteiger partial charge >= 0.3 is 12.0 Å². The van der Waals surface area contributed by atoms with Crippen LogP contribution < -0.4 is 10.6 Å². The molecule has 1 heterocycles. The number of rotatable bonds is 11. The van der Waals surface area contributed by atoms with Crippen LogP contribution >= 0.6 is 0 Å².